The van der Waals surface area contributed by atoms with Gasteiger partial charge in [0.15, 0.2) is 0 Å². The standard InChI is InChI=1S/C17H26N2O3.ClH/c1-3-19(16-7-5-4-6-8-16)17(14-22-15(2)20)13-18-9-11-21-12-10-18;/h4-8,17H,3,9-14H2,1-2H3;1H. The molecule has 23 heavy (non-hydrogen) atoms. The number of benzene rings is 1. The number of halogens is 1. The van der Waals surface area contributed by atoms with Crippen LogP contribution in [0.2, 0.25) is 0 Å². The molecule has 1 fully saturated rings. The highest BCUT2D eigenvalue weighted by molar-refractivity contribution is 5.85. The van der Waals surface area contributed by atoms with Crippen molar-refractivity contribution in [3.05, 3.63) is 30.3 Å². The molecular weight excluding hydrogens is 316 g/mol. The third-order valence-electron chi connectivity index (χ3n) is 3.92. The van der Waals surface area contributed by atoms with E-state index >= 15 is 0 Å². The number of ether oxygens (including phenoxy) is 2. The zero-order valence-corrected chi connectivity index (χ0v) is 14.8. The number of rotatable bonds is 7. The molecule has 0 saturated carbocycles. The van der Waals surface area contributed by atoms with Crippen LogP contribution in [0.4, 0.5) is 5.69 Å². The number of hydrogen-bond acceptors (Lipinski definition) is 5. The maximum atomic E-state index is 11.2. The first-order valence-corrected chi connectivity index (χ1v) is 7.96. The Bertz CT molecular complexity index is 452. The number of nitrogens with zero attached hydrogens (tertiary/aromatic N) is 2. The average molecular weight is 343 g/mol. The number of carbonyl (C=O) groups excluding carboxylic acids is 1. The van der Waals surface area contributed by atoms with E-state index in [1.807, 2.05) is 18.2 Å². The monoisotopic (exact) mass is 342 g/mol. The highest BCUT2D eigenvalue weighted by atomic mass is 35.5. The van der Waals surface area contributed by atoms with Crippen LogP contribution in [0.25, 0.3) is 0 Å². The van der Waals surface area contributed by atoms with Gasteiger partial charge in [0, 0.05) is 38.8 Å². The molecule has 6 heteroatoms. The molecule has 1 saturated heterocycles. The minimum absolute atomic E-state index is 0. The number of likely N-dealkylation sites (N-methyl/N-ethyl adjacent to an activating group) is 1. The van der Waals surface area contributed by atoms with Crippen molar-refractivity contribution < 1.29 is 14.3 Å². The van der Waals surface area contributed by atoms with Crippen molar-refractivity contribution in [1.82, 2.24) is 4.90 Å². The van der Waals surface area contributed by atoms with Gasteiger partial charge in [0.05, 0.1) is 19.3 Å². The van der Waals surface area contributed by atoms with Crippen molar-refractivity contribution in [1.29, 1.82) is 0 Å². The Kier molecular flexibility index (Phi) is 8.99. The van der Waals surface area contributed by atoms with Crippen molar-refractivity contribution in [2.45, 2.75) is 19.9 Å². The molecule has 0 spiro atoms. The van der Waals surface area contributed by atoms with Crippen LogP contribution in [0.3, 0.4) is 0 Å². The first-order chi connectivity index (χ1) is 10.7. The van der Waals surface area contributed by atoms with Gasteiger partial charge in [-0.2, -0.15) is 0 Å². The lowest BCUT2D eigenvalue weighted by molar-refractivity contribution is -0.141. The Hall–Kier alpha value is -1.30. The summed E-state index contributed by atoms with van der Waals surface area (Å²) < 4.78 is 10.7. The maximum absolute atomic E-state index is 11.2. The number of esters is 1. The van der Waals surface area contributed by atoms with Gasteiger partial charge in [-0.3, -0.25) is 9.69 Å². The van der Waals surface area contributed by atoms with E-state index in [2.05, 4.69) is 28.9 Å². The largest absolute Gasteiger partial charge is 0.464 e. The summed E-state index contributed by atoms with van der Waals surface area (Å²) >= 11 is 0. The molecule has 1 aliphatic rings. The molecule has 0 radical (unpaired) electrons. The Labute approximate surface area is 145 Å². The van der Waals surface area contributed by atoms with Gasteiger partial charge in [0.1, 0.15) is 6.61 Å². The van der Waals surface area contributed by atoms with Crippen molar-refractivity contribution >= 4 is 24.1 Å². The van der Waals surface area contributed by atoms with Crippen LogP contribution in [-0.4, -0.2) is 62.9 Å². The molecule has 5 nitrogen and oxygen atoms in total. The summed E-state index contributed by atoms with van der Waals surface area (Å²) in [5.41, 5.74) is 1.16. The normalized spacial score (nSPS) is 16.3. The first-order valence-electron chi connectivity index (χ1n) is 7.96. The van der Waals surface area contributed by atoms with Gasteiger partial charge in [-0.15, -0.1) is 12.4 Å². The molecule has 0 aliphatic carbocycles. The van der Waals surface area contributed by atoms with Crippen LogP contribution in [0.15, 0.2) is 30.3 Å². The lowest BCUT2D eigenvalue weighted by atomic mass is 10.2. The van der Waals surface area contributed by atoms with Gasteiger partial charge in [-0.05, 0) is 19.1 Å². The number of hydrogen-bond donors (Lipinski definition) is 0. The zero-order valence-electron chi connectivity index (χ0n) is 13.9. The van der Waals surface area contributed by atoms with Crippen LogP contribution in [0.1, 0.15) is 13.8 Å². The van der Waals surface area contributed by atoms with Gasteiger partial charge in [-0.25, -0.2) is 0 Å². The molecule has 0 N–H and O–H groups in total. The lowest BCUT2D eigenvalue weighted by Gasteiger charge is -2.37. The van der Waals surface area contributed by atoms with Crippen LogP contribution in [0, 0.1) is 0 Å². The van der Waals surface area contributed by atoms with Crippen LogP contribution < -0.4 is 4.90 Å². The number of morpholine rings is 1. The molecule has 1 aromatic carbocycles. The topological polar surface area (TPSA) is 42.0 Å². The predicted octanol–water partition coefficient (Wildman–Crippen LogP) is 2.20. The lowest BCUT2D eigenvalue weighted by Crippen LogP contribution is -2.50. The average Bonchev–Trinajstić information content (AvgIpc) is 2.55. The van der Waals surface area contributed by atoms with E-state index in [4.69, 9.17) is 9.47 Å². The van der Waals surface area contributed by atoms with Crippen LogP contribution in [-0.2, 0) is 14.3 Å². The Balaban J connectivity index is 0.00000264. The molecule has 2 rings (SSSR count). The third kappa shape index (κ3) is 6.37. The number of anilines is 1. The molecule has 0 bridgehead atoms. The van der Waals surface area contributed by atoms with E-state index in [9.17, 15) is 4.79 Å². The van der Waals surface area contributed by atoms with Gasteiger partial charge in [0.2, 0.25) is 0 Å². The fraction of sp³-hybridized carbons (Fsp3) is 0.588. The molecule has 1 aromatic rings. The first kappa shape index (κ1) is 19.7. The van der Waals surface area contributed by atoms with Gasteiger partial charge in [0.25, 0.3) is 0 Å². The van der Waals surface area contributed by atoms with Crippen molar-refractivity contribution in [2.75, 3.05) is 50.9 Å². The SMILES string of the molecule is CCN(c1ccccc1)C(COC(C)=O)CN1CCOCC1.Cl. The number of carbonyl (C=O) groups is 1. The second-order valence-corrected chi connectivity index (χ2v) is 5.49. The molecule has 1 atom stereocenters. The van der Waals surface area contributed by atoms with Gasteiger partial charge >= 0.3 is 5.97 Å². The Morgan fingerprint density at radius 2 is 1.96 bits per heavy atom. The van der Waals surface area contributed by atoms with E-state index in [-0.39, 0.29) is 24.4 Å². The Morgan fingerprint density at radius 3 is 2.52 bits per heavy atom. The zero-order chi connectivity index (χ0) is 15.8. The predicted molar refractivity (Wildman–Crippen MR) is 94.4 cm³/mol. The van der Waals surface area contributed by atoms with E-state index in [0.29, 0.717) is 6.61 Å². The molecule has 1 heterocycles. The summed E-state index contributed by atoms with van der Waals surface area (Å²) in [4.78, 5) is 15.9. The quantitative estimate of drug-likeness (QED) is 0.711. The van der Waals surface area contributed by atoms with E-state index in [0.717, 1.165) is 45.1 Å². The maximum Gasteiger partial charge on any atom is 0.302 e. The van der Waals surface area contributed by atoms with Crippen molar-refractivity contribution in [2.24, 2.45) is 0 Å². The molecule has 0 amide bonds. The molecule has 1 unspecified atom stereocenters. The third-order valence-corrected chi connectivity index (χ3v) is 3.92. The van der Waals surface area contributed by atoms with E-state index < -0.39 is 0 Å². The highest BCUT2D eigenvalue weighted by Crippen LogP contribution is 2.18. The summed E-state index contributed by atoms with van der Waals surface area (Å²) in [5, 5.41) is 0. The van der Waals surface area contributed by atoms with Gasteiger partial charge < -0.3 is 14.4 Å². The fourth-order valence-corrected chi connectivity index (χ4v) is 2.81. The summed E-state index contributed by atoms with van der Waals surface area (Å²) in [6.45, 7) is 9.17. The summed E-state index contributed by atoms with van der Waals surface area (Å²) in [6.07, 6.45) is 0. The van der Waals surface area contributed by atoms with Gasteiger partial charge in [-0.1, -0.05) is 18.2 Å². The van der Waals surface area contributed by atoms with Crippen LogP contribution in [0.5, 0.6) is 0 Å². The van der Waals surface area contributed by atoms with Crippen molar-refractivity contribution in [3.63, 3.8) is 0 Å². The van der Waals surface area contributed by atoms with E-state index in [1.165, 1.54) is 6.92 Å². The second-order valence-electron chi connectivity index (χ2n) is 5.49. The highest BCUT2D eigenvalue weighted by Gasteiger charge is 2.23. The van der Waals surface area contributed by atoms with Crippen molar-refractivity contribution in [3.8, 4) is 0 Å². The molecule has 1 aliphatic heterocycles. The smallest absolute Gasteiger partial charge is 0.302 e. The summed E-state index contributed by atoms with van der Waals surface area (Å²) in [6, 6.07) is 10.4. The molecule has 0 aromatic heterocycles. The Morgan fingerprint density at radius 1 is 1.30 bits per heavy atom. The van der Waals surface area contributed by atoms with Crippen LogP contribution >= 0.6 is 12.4 Å². The number of para-hydroxylation sites is 1. The second kappa shape index (κ2) is 10.5. The fourth-order valence-electron chi connectivity index (χ4n) is 2.81. The summed E-state index contributed by atoms with van der Waals surface area (Å²) in [7, 11) is 0. The minimum Gasteiger partial charge on any atom is -0.464 e. The summed E-state index contributed by atoms with van der Waals surface area (Å²) in [5.74, 6) is -0.226. The minimum atomic E-state index is -0.226. The molecular formula is C17H27ClN2O3. The molecule has 130 valence electrons. The van der Waals surface area contributed by atoms with E-state index in [1.54, 1.807) is 0 Å².